The third-order valence-electron chi connectivity index (χ3n) is 2.62. The van der Waals surface area contributed by atoms with Gasteiger partial charge < -0.3 is 5.11 Å². The summed E-state index contributed by atoms with van der Waals surface area (Å²) in [6.45, 7) is -0.342. The molecule has 1 aliphatic rings. The van der Waals surface area contributed by atoms with E-state index in [1.807, 2.05) is 0 Å². The lowest BCUT2D eigenvalue weighted by Crippen LogP contribution is -2.26. The first-order chi connectivity index (χ1) is 6.49. The van der Waals surface area contributed by atoms with Gasteiger partial charge in [-0.1, -0.05) is 12.8 Å². The van der Waals surface area contributed by atoms with Gasteiger partial charge in [-0.2, -0.15) is 0 Å². The Kier molecular flexibility index (Phi) is 4.19. The summed E-state index contributed by atoms with van der Waals surface area (Å²) >= 11 is 0. The SMILES string of the molecule is OC1CCCCC1CCOC(F)(F)F. The minimum atomic E-state index is -4.54. The monoisotopic (exact) mass is 212 g/mol. The molecule has 0 aromatic carbocycles. The van der Waals surface area contributed by atoms with Gasteiger partial charge in [-0.25, -0.2) is 0 Å². The summed E-state index contributed by atoms with van der Waals surface area (Å²) in [4.78, 5) is 0. The van der Waals surface area contributed by atoms with Gasteiger partial charge in [0.15, 0.2) is 0 Å². The van der Waals surface area contributed by atoms with Crippen molar-refractivity contribution in [3.63, 3.8) is 0 Å². The van der Waals surface area contributed by atoms with Crippen LogP contribution in [0.4, 0.5) is 13.2 Å². The van der Waals surface area contributed by atoms with E-state index in [0.29, 0.717) is 12.8 Å². The van der Waals surface area contributed by atoms with Crippen molar-refractivity contribution in [2.45, 2.75) is 44.6 Å². The van der Waals surface area contributed by atoms with E-state index in [9.17, 15) is 18.3 Å². The van der Waals surface area contributed by atoms with Crippen molar-refractivity contribution in [1.29, 1.82) is 0 Å². The van der Waals surface area contributed by atoms with Crippen molar-refractivity contribution in [1.82, 2.24) is 0 Å². The molecule has 0 spiro atoms. The average molecular weight is 212 g/mol. The van der Waals surface area contributed by atoms with Gasteiger partial charge in [0.2, 0.25) is 0 Å². The Labute approximate surface area is 81.1 Å². The number of ether oxygens (including phenoxy) is 1. The standard InChI is InChI=1S/C9H15F3O2/c10-9(11,12)14-6-5-7-3-1-2-4-8(7)13/h7-8,13H,1-6H2. The summed E-state index contributed by atoms with van der Waals surface area (Å²) in [5.74, 6) is -0.0221. The Hall–Kier alpha value is -0.290. The van der Waals surface area contributed by atoms with E-state index in [2.05, 4.69) is 4.74 Å². The highest BCUT2D eigenvalue weighted by Crippen LogP contribution is 2.27. The van der Waals surface area contributed by atoms with Crippen LogP contribution in [0.5, 0.6) is 0 Å². The van der Waals surface area contributed by atoms with Crippen LogP contribution in [0.15, 0.2) is 0 Å². The second kappa shape index (κ2) is 4.98. The molecule has 5 heteroatoms. The van der Waals surface area contributed by atoms with Gasteiger partial charge in [0.1, 0.15) is 0 Å². The van der Waals surface area contributed by atoms with E-state index in [1.54, 1.807) is 0 Å². The number of hydrogen-bond donors (Lipinski definition) is 1. The third-order valence-corrected chi connectivity index (χ3v) is 2.62. The molecular formula is C9H15F3O2. The van der Waals surface area contributed by atoms with E-state index in [1.165, 1.54) is 0 Å². The minimum Gasteiger partial charge on any atom is -0.393 e. The number of aliphatic hydroxyl groups excluding tert-OH is 1. The average Bonchev–Trinajstić information content (AvgIpc) is 2.06. The molecule has 1 fully saturated rings. The summed E-state index contributed by atoms with van der Waals surface area (Å²) in [7, 11) is 0. The van der Waals surface area contributed by atoms with Crippen LogP contribution in [0.3, 0.4) is 0 Å². The molecule has 0 amide bonds. The normalized spacial score (nSPS) is 29.1. The zero-order valence-corrected chi connectivity index (χ0v) is 7.89. The molecule has 0 saturated heterocycles. The molecule has 1 saturated carbocycles. The zero-order valence-electron chi connectivity index (χ0n) is 7.89. The first-order valence-electron chi connectivity index (χ1n) is 4.88. The lowest BCUT2D eigenvalue weighted by molar-refractivity contribution is -0.325. The third kappa shape index (κ3) is 4.28. The minimum absolute atomic E-state index is 0.0221. The maximum absolute atomic E-state index is 11.6. The maximum atomic E-state index is 11.6. The fourth-order valence-corrected chi connectivity index (χ4v) is 1.85. The van der Waals surface area contributed by atoms with Gasteiger partial charge in [0, 0.05) is 0 Å². The number of alkyl halides is 3. The number of halogens is 3. The molecule has 0 aromatic heterocycles. The smallest absolute Gasteiger partial charge is 0.393 e. The van der Waals surface area contributed by atoms with E-state index in [4.69, 9.17) is 0 Å². The zero-order chi connectivity index (χ0) is 10.6. The number of rotatable bonds is 3. The van der Waals surface area contributed by atoms with Gasteiger partial charge >= 0.3 is 6.36 Å². The molecule has 0 aromatic rings. The molecule has 1 rings (SSSR count). The van der Waals surface area contributed by atoms with Gasteiger partial charge in [-0.05, 0) is 25.2 Å². The molecule has 2 atom stereocenters. The second-order valence-corrected chi connectivity index (χ2v) is 3.69. The van der Waals surface area contributed by atoms with Crippen LogP contribution < -0.4 is 0 Å². The summed E-state index contributed by atoms with van der Waals surface area (Å²) in [6, 6.07) is 0. The first kappa shape index (κ1) is 11.8. The van der Waals surface area contributed by atoms with Crippen LogP contribution in [-0.4, -0.2) is 24.2 Å². The Morgan fingerprint density at radius 1 is 1.21 bits per heavy atom. The van der Waals surface area contributed by atoms with Crippen molar-refractivity contribution >= 4 is 0 Å². The summed E-state index contributed by atoms with van der Waals surface area (Å²) in [5, 5.41) is 9.46. The van der Waals surface area contributed by atoms with Crippen molar-refractivity contribution in [2.24, 2.45) is 5.92 Å². The quantitative estimate of drug-likeness (QED) is 0.778. The van der Waals surface area contributed by atoms with Crippen molar-refractivity contribution in [2.75, 3.05) is 6.61 Å². The van der Waals surface area contributed by atoms with Crippen LogP contribution in [0.25, 0.3) is 0 Å². The lowest BCUT2D eigenvalue weighted by Gasteiger charge is -2.27. The summed E-state index contributed by atoms with van der Waals surface area (Å²) in [5.41, 5.74) is 0. The molecule has 2 unspecified atom stereocenters. The first-order valence-corrected chi connectivity index (χ1v) is 4.88. The van der Waals surface area contributed by atoms with Crippen LogP contribution >= 0.6 is 0 Å². The van der Waals surface area contributed by atoms with Crippen molar-refractivity contribution in [3.05, 3.63) is 0 Å². The van der Waals surface area contributed by atoms with Crippen LogP contribution in [-0.2, 0) is 4.74 Å². The van der Waals surface area contributed by atoms with Crippen LogP contribution in [0.2, 0.25) is 0 Å². The summed E-state index contributed by atoms with van der Waals surface area (Å²) < 4.78 is 38.5. The summed E-state index contributed by atoms with van der Waals surface area (Å²) in [6.07, 6.45) is -1.22. The highest BCUT2D eigenvalue weighted by molar-refractivity contribution is 4.74. The van der Waals surface area contributed by atoms with Gasteiger partial charge in [0.25, 0.3) is 0 Å². The predicted octanol–water partition coefficient (Wildman–Crippen LogP) is 2.46. The molecule has 14 heavy (non-hydrogen) atoms. The predicted molar refractivity (Wildman–Crippen MR) is 44.6 cm³/mol. The molecule has 0 heterocycles. The molecule has 0 aliphatic heterocycles. The highest BCUT2D eigenvalue weighted by atomic mass is 19.4. The Morgan fingerprint density at radius 3 is 2.43 bits per heavy atom. The molecule has 0 radical (unpaired) electrons. The van der Waals surface area contributed by atoms with Gasteiger partial charge in [-0.3, -0.25) is 4.74 Å². The second-order valence-electron chi connectivity index (χ2n) is 3.69. The lowest BCUT2D eigenvalue weighted by atomic mass is 9.85. The fraction of sp³-hybridized carbons (Fsp3) is 1.00. The molecule has 1 N–H and O–H groups in total. The Balaban J connectivity index is 2.17. The topological polar surface area (TPSA) is 29.5 Å². The Bertz CT molecular complexity index is 170. The van der Waals surface area contributed by atoms with Crippen molar-refractivity contribution in [3.8, 4) is 0 Å². The number of hydrogen-bond acceptors (Lipinski definition) is 2. The number of aliphatic hydroxyl groups is 1. The fourth-order valence-electron chi connectivity index (χ4n) is 1.85. The van der Waals surface area contributed by atoms with E-state index >= 15 is 0 Å². The van der Waals surface area contributed by atoms with E-state index in [0.717, 1.165) is 19.3 Å². The maximum Gasteiger partial charge on any atom is 0.522 e. The van der Waals surface area contributed by atoms with E-state index < -0.39 is 12.5 Å². The largest absolute Gasteiger partial charge is 0.522 e. The molecular weight excluding hydrogens is 197 g/mol. The molecule has 2 nitrogen and oxygen atoms in total. The molecule has 0 bridgehead atoms. The van der Waals surface area contributed by atoms with E-state index in [-0.39, 0.29) is 12.5 Å². The molecule has 84 valence electrons. The van der Waals surface area contributed by atoms with Crippen LogP contribution in [0.1, 0.15) is 32.1 Å². The highest BCUT2D eigenvalue weighted by Gasteiger charge is 2.30. The Morgan fingerprint density at radius 2 is 1.86 bits per heavy atom. The van der Waals surface area contributed by atoms with Crippen molar-refractivity contribution < 1.29 is 23.0 Å². The van der Waals surface area contributed by atoms with Crippen LogP contribution in [0, 0.1) is 5.92 Å². The molecule has 1 aliphatic carbocycles. The van der Waals surface area contributed by atoms with Gasteiger partial charge in [0.05, 0.1) is 12.7 Å². The van der Waals surface area contributed by atoms with Gasteiger partial charge in [-0.15, -0.1) is 13.2 Å².